The Bertz CT molecular complexity index is 1060. The zero-order valence-corrected chi connectivity index (χ0v) is 17.2. The molecule has 0 fully saturated rings. The van der Waals surface area contributed by atoms with Gasteiger partial charge in [0.25, 0.3) is 5.89 Å². The number of aromatic nitrogens is 2. The summed E-state index contributed by atoms with van der Waals surface area (Å²) in [5.74, 6) is 1.57. The lowest BCUT2D eigenvalue weighted by Crippen LogP contribution is -2.01. The summed E-state index contributed by atoms with van der Waals surface area (Å²) in [4.78, 5) is 12.1. The first-order valence-electron chi connectivity index (χ1n) is 9.08. The van der Waals surface area contributed by atoms with Gasteiger partial charge in [0.2, 0.25) is 5.89 Å². The van der Waals surface area contributed by atoms with Gasteiger partial charge in [0.1, 0.15) is 5.75 Å². The first-order valence-corrected chi connectivity index (χ1v) is 9.08. The quantitative estimate of drug-likeness (QED) is 0.409. The fourth-order valence-electron chi connectivity index (χ4n) is 2.73. The largest absolute Gasteiger partial charge is 0.496 e. The van der Waals surface area contributed by atoms with Gasteiger partial charge in [0.05, 0.1) is 21.3 Å². The summed E-state index contributed by atoms with van der Waals surface area (Å²) in [6.07, 6.45) is 2.84. The Morgan fingerprint density at radius 1 is 1.00 bits per heavy atom. The average Bonchev–Trinajstić information content (AvgIpc) is 3.24. The minimum atomic E-state index is -0.567. The second-order valence-electron chi connectivity index (χ2n) is 6.26. The minimum absolute atomic E-state index is 0.134. The molecule has 0 saturated heterocycles. The number of esters is 1. The van der Waals surface area contributed by atoms with Crippen LogP contribution >= 0.6 is 0 Å². The number of benzene rings is 2. The van der Waals surface area contributed by atoms with E-state index in [9.17, 15) is 4.79 Å². The molecule has 3 rings (SSSR count). The van der Waals surface area contributed by atoms with Crippen LogP contribution < -0.4 is 14.2 Å². The van der Waals surface area contributed by atoms with Crippen molar-refractivity contribution in [2.75, 3.05) is 21.3 Å². The topological polar surface area (TPSA) is 92.9 Å². The van der Waals surface area contributed by atoms with Crippen LogP contribution in [0.3, 0.4) is 0 Å². The lowest BCUT2D eigenvalue weighted by Gasteiger charge is -2.12. The molecule has 0 aliphatic rings. The molecule has 0 unspecified atom stereocenters. The summed E-state index contributed by atoms with van der Waals surface area (Å²) in [5.41, 5.74) is 2.52. The maximum atomic E-state index is 12.1. The van der Waals surface area contributed by atoms with Gasteiger partial charge in [-0.25, -0.2) is 4.79 Å². The van der Waals surface area contributed by atoms with Crippen molar-refractivity contribution in [2.45, 2.75) is 13.5 Å². The number of ether oxygens (including phenoxy) is 4. The van der Waals surface area contributed by atoms with Crippen molar-refractivity contribution in [3.63, 3.8) is 0 Å². The van der Waals surface area contributed by atoms with Crippen LogP contribution in [0.1, 0.15) is 17.0 Å². The van der Waals surface area contributed by atoms with Crippen LogP contribution in [0.5, 0.6) is 17.2 Å². The lowest BCUT2D eigenvalue weighted by atomic mass is 10.1. The van der Waals surface area contributed by atoms with E-state index in [1.165, 1.54) is 27.4 Å². The number of carbonyl (C=O) groups excluding carboxylic acids is 1. The van der Waals surface area contributed by atoms with Gasteiger partial charge in [-0.2, -0.15) is 0 Å². The van der Waals surface area contributed by atoms with E-state index in [2.05, 4.69) is 10.2 Å². The van der Waals surface area contributed by atoms with Gasteiger partial charge in [0, 0.05) is 23.3 Å². The summed E-state index contributed by atoms with van der Waals surface area (Å²) < 4.78 is 26.6. The van der Waals surface area contributed by atoms with Crippen molar-refractivity contribution in [2.24, 2.45) is 0 Å². The average molecular weight is 410 g/mol. The third kappa shape index (κ3) is 4.96. The lowest BCUT2D eigenvalue weighted by molar-refractivity contribution is -0.139. The van der Waals surface area contributed by atoms with Gasteiger partial charge in [-0.3, -0.25) is 0 Å². The molecule has 1 heterocycles. The number of hydrogen-bond acceptors (Lipinski definition) is 8. The molecule has 0 aliphatic heterocycles. The second-order valence-corrected chi connectivity index (χ2v) is 6.26. The smallest absolute Gasteiger partial charge is 0.331 e. The van der Waals surface area contributed by atoms with E-state index >= 15 is 0 Å². The molecule has 8 heteroatoms. The third-order valence-corrected chi connectivity index (χ3v) is 4.20. The maximum Gasteiger partial charge on any atom is 0.331 e. The molecule has 0 atom stereocenters. The number of carbonyl (C=O) groups is 1. The number of nitrogens with zero attached hydrogens (tertiary/aromatic N) is 2. The molecule has 0 saturated carbocycles. The van der Waals surface area contributed by atoms with E-state index in [-0.39, 0.29) is 12.5 Å². The van der Waals surface area contributed by atoms with E-state index < -0.39 is 5.97 Å². The highest BCUT2D eigenvalue weighted by Crippen LogP contribution is 2.35. The van der Waals surface area contributed by atoms with Crippen LogP contribution in [0, 0.1) is 6.92 Å². The Kier molecular flexibility index (Phi) is 6.69. The number of rotatable bonds is 8. The second kappa shape index (κ2) is 9.60. The maximum absolute atomic E-state index is 12.1. The SMILES string of the molecule is COc1cc(OC)c(OC)cc1/C=C/C(=O)OCc1nnc(-c2cccc(C)c2)o1. The predicted octanol–water partition coefficient (Wildman–Crippen LogP) is 3.83. The Morgan fingerprint density at radius 3 is 2.43 bits per heavy atom. The molecule has 0 amide bonds. The third-order valence-electron chi connectivity index (χ3n) is 4.20. The first-order chi connectivity index (χ1) is 14.5. The Labute approximate surface area is 174 Å². The number of hydrogen-bond donors (Lipinski definition) is 0. The van der Waals surface area contributed by atoms with E-state index in [1.54, 1.807) is 18.2 Å². The Morgan fingerprint density at radius 2 is 1.73 bits per heavy atom. The van der Waals surface area contributed by atoms with E-state index in [0.717, 1.165) is 11.1 Å². The summed E-state index contributed by atoms with van der Waals surface area (Å²) in [7, 11) is 4.59. The number of methoxy groups -OCH3 is 3. The summed E-state index contributed by atoms with van der Waals surface area (Å²) in [5, 5.41) is 7.90. The van der Waals surface area contributed by atoms with E-state index in [4.69, 9.17) is 23.4 Å². The summed E-state index contributed by atoms with van der Waals surface area (Å²) in [6.45, 7) is 1.84. The molecule has 3 aromatic rings. The van der Waals surface area contributed by atoms with Crippen molar-refractivity contribution in [1.82, 2.24) is 10.2 Å². The minimum Gasteiger partial charge on any atom is -0.496 e. The molecule has 0 spiro atoms. The standard InChI is InChI=1S/C22H22N2O6/c1-14-6-5-7-16(10-14)22-24-23-20(30-22)13-29-21(25)9-8-15-11-18(27-3)19(28-4)12-17(15)26-2/h5-12H,13H2,1-4H3/b9-8+. The van der Waals surface area contributed by atoms with Crippen molar-refractivity contribution < 1.29 is 28.2 Å². The molecule has 30 heavy (non-hydrogen) atoms. The molecule has 2 aromatic carbocycles. The predicted molar refractivity (Wildman–Crippen MR) is 109 cm³/mol. The van der Waals surface area contributed by atoms with E-state index in [1.807, 2.05) is 31.2 Å². The fourth-order valence-corrected chi connectivity index (χ4v) is 2.73. The van der Waals surface area contributed by atoms with Gasteiger partial charge in [0.15, 0.2) is 18.1 Å². The molecule has 0 radical (unpaired) electrons. The van der Waals surface area contributed by atoms with Crippen molar-refractivity contribution in [1.29, 1.82) is 0 Å². The van der Waals surface area contributed by atoms with Crippen molar-refractivity contribution >= 4 is 12.0 Å². The van der Waals surface area contributed by atoms with Gasteiger partial charge in [-0.1, -0.05) is 17.7 Å². The zero-order chi connectivity index (χ0) is 21.5. The molecular weight excluding hydrogens is 388 g/mol. The molecule has 156 valence electrons. The molecule has 0 aliphatic carbocycles. The van der Waals surface area contributed by atoms with Crippen LogP contribution in [-0.2, 0) is 16.1 Å². The molecule has 0 bridgehead atoms. The molecule has 1 aromatic heterocycles. The van der Waals surface area contributed by atoms with Gasteiger partial charge in [-0.15, -0.1) is 10.2 Å². The number of aryl methyl sites for hydroxylation is 1. The van der Waals surface area contributed by atoms with Crippen LogP contribution in [-0.4, -0.2) is 37.5 Å². The molecule has 0 N–H and O–H groups in total. The zero-order valence-electron chi connectivity index (χ0n) is 17.2. The normalized spacial score (nSPS) is 10.8. The Hall–Kier alpha value is -3.81. The molecule has 8 nitrogen and oxygen atoms in total. The highest BCUT2D eigenvalue weighted by Gasteiger charge is 2.12. The van der Waals surface area contributed by atoms with Crippen LogP contribution in [0.2, 0.25) is 0 Å². The monoisotopic (exact) mass is 410 g/mol. The summed E-state index contributed by atoms with van der Waals surface area (Å²) in [6, 6.07) is 11.1. The van der Waals surface area contributed by atoms with Gasteiger partial charge >= 0.3 is 5.97 Å². The van der Waals surface area contributed by atoms with Gasteiger partial charge in [-0.05, 0) is 31.2 Å². The molecular formula is C22H22N2O6. The summed E-state index contributed by atoms with van der Waals surface area (Å²) >= 11 is 0. The van der Waals surface area contributed by atoms with E-state index in [0.29, 0.717) is 28.7 Å². The Balaban J connectivity index is 1.64. The first kappa shape index (κ1) is 20.9. The van der Waals surface area contributed by atoms with Crippen molar-refractivity contribution in [3.8, 4) is 28.7 Å². The highest BCUT2D eigenvalue weighted by atomic mass is 16.5. The van der Waals surface area contributed by atoms with Crippen LogP contribution in [0.25, 0.3) is 17.5 Å². The highest BCUT2D eigenvalue weighted by molar-refractivity contribution is 5.87. The van der Waals surface area contributed by atoms with Crippen LogP contribution in [0.4, 0.5) is 0 Å². The van der Waals surface area contributed by atoms with Crippen LogP contribution in [0.15, 0.2) is 46.9 Å². The van der Waals surface area contributed by atoms with Gasteiger partial charge < -0.3 is 23.4 Å². The fraction of sp³-hybridized carbons (Fsp3) is 0.227. The van der Waals surface area contributed by atoms with Crippen molar-refractivity contribution in [3.05, 3.63) is 59.5 Å².